The monoisotopic (exact) mass is 778 g/mol. The van der Waals surface area contributed by atoms with E-state index in [1.807, 2.05) is 48.5 Å². The van der Waals surface area contributed by atoms with Crippen LogP contribution in [0, 0.1) is 22.7 Å². The second kappa shape index (κ2) is 12.3. The summed E-state index contributed by atoms with van der Waals surface area (Å²) in [6.45, 7) is 0. The Bertz CT molecular complexity index is 3430. The van der Waals surface area contributed by atoms with E-state index in [9.17, 15) is 23.7 Å². The molecule has 8 aromatic carbocycles. The first kappa shape index (κ1) is 34.2. The smallest absolute Gasteiger partial charge is 0.307 e. The largest absolute Gasteiger partial charge is 0.416 e. The highest BCUT2D eigenvalue weighted by Crippen LogP contribution is 2.49. The first-order valence-corrected chi connectivity index (χ1v) is 19.8. The number of fused-ring (bicyclic) bond motifs is 14. The van der Waals surface area contributed by atoms with E-state index in [2.05, 4.69) is 106 Å². The van der Waals surface area contributed by atoms with E-state index in [-0.39, 0.29) is 5.56 Å². The molecular weight excluding hydrogens is 750 g/mol. The standard InChI is InChI=1S/C53H29F3N4/c54-53(55,56)36-19-22-37(35(25-36)28-57)34-26-47(59-45-15-7-5-13-40(45)42-20-17-32-23-30-9-1-3-11-38(30)49(32)51(42)59)44(29-58)48(27-34)60-46-16-8-6-14-41(46)43-21-18-33-24-31-10-2-4-12-39(31)50(33)52(43)60/h1-22,25-27H,23-24H2. The van der Waals surface area contributed by atoms with Crippen LogP contribution in [0.4, 0.5) is 13.2 Å². The van der Waals surface area contributed by atoms with Crippen LogP contribution in [-0.4, -0.2) is 9.13 Å². The fourth-order valence-corrected chi connectivity index (χ4v) is 10.1. The zero-order chi connectivity index (χ0) is 40.4. The van der Waals surface area contributed by atoms with Crippen LogP contribution in [0.5, 0.6) is 0 Å². The number of para-hydroxylation sites is 2. The summed E-state index contributed by atoms with van der Waals surface area (Å²) >= 11 is 0. The molecule has 0 fully saturated rings. The van der Waals surface area contributed by atoms with Crippen LogP contribution in [-0.2, 0) is 19.0 Å². The molecule has 0 atom stereocenters. The third kappa shape index (κ3) is 4.66. The summed E-state index contributed by atoms with van der Waals surface area (Å²) in [6, 6.07) is 53.6. The minimum atomic E-state index is -4.63. The maximum Gasteiger partial charge on any atom is 0.416 e. The number of halogens is 3. The van der Waals surface area contributed by atoms with Gasteiger partial charge in [0, 0.05) is 32.7 Å². The Balaban J connectivity index is 1.28. The number of rotatable bonds is 3. The van der Waals surface area contributed by atoms with Crippen LogP contribution < -0.4 is 0 Å². The maximum absolute atomic E-state index is 14.1. The molecule has 2 heterocycles. The lowest BCUT2D eigenvalue weighted by atomic mass is 9.94. The molecule has 2 aliphatic carbocycles. The Labute approximate surface area is 341 Å². The summed E-state index contributed by atoms with van der Waals surface area (Å²) in [5.41, 5.74) is 14.3. The van der Waals surface area contributed by atoms with Gasteiger partial charge in [0.2, 0.25) is 0 Å². The average molecular weight is 779 g/mol. The molecule has 0 saturated heterocycles. The zero-order valence-corrected chi connectivity index (χ0v) is 31.8. The summed E-state index contributed by atoms with van der Waals surface area (Å²) in [4.78, 5) is 0. The van der Waals surface area contributed by atoms with Gasteiger partial charge in [0.25, 0.3) is 0 Å². The lowest BCUT2D eigenvalue weighted by molar-refractivity contribution is -0.137. The molecular formula is C53H29F3N4. The lowest BCUT2D eigenvalue weighted by Crippen LogP contribution is -2.07. The maximum atomic E-state index is 14.1. The van der Waals surface area contributed by atoms with Gasteiger partial charge in [0.05, 0.1) is 50.6 Å². The van der Waals surface area contributed by atoms with Crippen LogP contribution >= 0.6 is 0 Å². The van der Waals surface area contributed by atoms with Gasteiger partial charge in [-0.15, -0.1) is 0 Å². The molecule has 0 unspecified atom stereocenters. The van der Waals surface area contributed by atoms with Crippen molar-refractivity contribution in [1.29, 1.82) is 10.5 Å². The summed E-state index contributed by atoms with van der Waals surface area (Å²) in [5, 5.41) is 26.1. The quantitative estimate of drug-likeness (QED) is 0.179. The Morgan fingerprint density at radius 1 is 0.467 bits per heavy atom. The molecule has 0 aliphatic heterocycles. The second-order valence-corrected chi connectivity index (χ2v) is 15.7. The molecule has 0 N–H and O–H groups in total. The van der Waals surface area contributed by atoms with Crippen LogP contribution in [0.2, 0.25) is 0 Å². The molecule has 4 nitrogen and oxygen atoms in total. The second-order valence-electron chi connectivity index (χ2n) is 15.7. The molecule has 2 aromatic heterocycles. The van der Waals surface area contributed by atoms with Crippen molar-refractivity contribution in [1.82, 2.24) is 9.13 Å². The van der Waals surface area contributed by atoms with Crippen LogP contribution in [0.1, 0.15) is 38.9 Å². The van der Waals surface area contributed by atoms with Gasteiger partial charge in [-0.1, -0.05) is 115 Å². The van der Waals surface area contributed by atoms with E-state index in [0.717, 1.165) is 90.8 Å². The number of nitriles is 2. The third-order valence-corrected chi connectivity index (χ3v) is 12.6. The predicted octanol–water partition coefficient (Wildman–Crippen LogP) is 13.5. The summed E-state index contributed by atoms with van der Waals surface area (Å²) in [7, 11) is 0. The minimum Gasteiger partial charge on any atom is -0.307 e. The van der Waals surface area contributed by atoms with E-state index in [0.29, 0.717) is 28.1 Å². The molecule has 7 heteroatoms. The van der Waals surface area contributed by atoms with Gasteiger partial charge < -0.3 is 9.13 Å². The van der Waals surface area contributed by atoms with E-state index >= 15 is 0 Å². The molecule has 0 amide bonds. The molecule has 0 radical (unpaired) electrons. The van der Waals surface area contributed by atoms with Crippen molar-refractivity contribution in [2.45, 2.75) is 19.0 Å². The molecule has 0 spiro atoms. The lowest BCUT2D eigenvalue weighted by Gasteiger charge is -2.20. The summed E-state index contributed by atoms with van der Waals surface area (Å²) in [6.07, 6.45) is -3.10. The fourth-order valence-electron chi connectivity index (χ4n) is 10.1. The predicted molar refractivity (Wildman–Crippen MR) is 231 cm³/mol. The number of nitrogens with zero attached hydrogens (tertiary/aromatic N) is 4. The topological polar surface area (TPSA) is 57.4 Å². The summed E-state index contributed by atoms with van der Waals surface area (Å²) < 4.78 is 46.7. The molecule has 0 bridgehead atoms. The molecule has 2 aliphatic rings. The fraction of sp³-hybridized carbons (Fsp3) is 0.0566. The Morgan fingerprint density at radius 2 is 0.967 bits per heavy atom. The van der Waals surface area contributed by atoms with Crippen molar-refractivity contribution in [2.24, 2.45) is 0 Å². The number of aromatic nitrogens is 2. The van der Waals surface area contributed by atoms with Gasteiger partial charge in [-0.2, -0.15) is 23.7 Å². The van der Waals surface area contributed by atoms with Crippen LogP contribution in [0.25, 0.3) is 88.4 Å². The zero-order valence-electron chi connectivity index (χ0n) is 31.8. The van der Waals surface area contributed by atoms with Crippen LogP contribution in [0.3, 0.4) is 0 Å². The van der Waals surface area contributed by atoms with Gasteiger partial charge in [-0.25, -0.2) is 0 Å². The normalized spacial score (nSPS) is 12.8. The molecule has 10 aromatic rings. The van der Waals surface area contributed by atoms with Crippen molar-refractivity contribution in [2.75, 3.05) is 0 Å². The number of alkyl halides is 3. The highest BCUT2D eigenvalue weighted by molar-refractivity contribution is 6.17. The van der Waals surface area contributed by atoms with Crippen molar-refractivity contribution in [3.63, 3.8) is 0 Å². The van der Waals surface area contributed by atoms with Gasteiger partial charge in [-0.3, -0.25) is 0 Å². The van der Waals surface area contributed by atoms with E-state index < -0.39 is 11.7 Å². The minimum absolute atomic E-state index is 0.111. The van der Waals surface area contributed by atoms with Gasteiger partial charge in [-0.05, 0) is 93.7 Å². The number of benzene rings is 8. The molecule has 282 valence electrons. The Morgan fingerprint density at radius 3 is 1.47 bits per heavy atom. The van der Waals surface area contributed by atoms with Gasteiger partial charge >= 0.3 is 6.18 Å². The SMILES string of the molecule is N#Cc1cc(C(F)(F)F)ccc1-c1cc(-n2c3ccccc3c3ccc4c(c32)-c2ccccc2C4)c(C#N)c(-n2c3ccccc3c3ccc4c(c32)-c2ccccc2C4)c1. The Kier molecular flexibility index (Phi) is 7.02. The molecule has 60 heavy (non-hydrogen) atoms. The first-order valence-electron chi connectivity index (χ1n) is 19.8. The van der Waals surface area contributed by atoms with Gasteiger partial charge in [0.1, 0.15) is 11.6 Å². The van der Waals surface area contributed by atoms with Crippen LogP contribution in [0.15, 0.2) is 152 Å². The van der Waals surface area contributed by atoms with Crippen molar-refractivity contribution >= 4 is 43.6 Å². The average Bonchev–Trinajstić information content (AvgIpc) is 4.02. The van der Waals surface area contributed by atoms with Gasteiger partial charge in [0.15, 0.2) is 0 Å². The highest BCUT2D eigenvalue weighted by Gasteiger charge is 2.33. The number of hydrogen-bond donors (Lipinski definition) is 0. The highest BCUT2D eigenvalue weighted by atomic mass is 19.4. The van der Waals surface area contributed by atoms with E-state index in [1.54, 1.807) is 0 Å². The first-order chi connectivity index (χ1) is 29.3. The van der Waals surface area contributed by atoms with Crippen molar-refractivity contribution in [3.05, 3.63) is 191 Å². The molecule has 0 saturated carbocycles. The number of hydrogen-bond acceptors (Lipinski definition) is 2. The van der Waals surface area contributed by atoms with Crippen molar-refractivity contribution in [3.8, 4) is 56.9 Å². The third-order valence-electron chi connectivity index (χ3n) is 12.6. The Hall–Kier alpha value is -7.87. The molecule has 12 rings (SSSR count). The van der Waals surface area contributed by atoms with E-state index in [4.69, 9.17) is 0 Å². The van der Waals surface area contributed by atoms with E-state index in [1.165, 1.54) is 28.3 Å². The van der Waals surface area contributed by atoms with Crippen molar-refractivity contribution < 1.29 is 13.2 Å². The summed E-state index contributed by atoms with van der Waals surface area (Å²) in [5.74, 6) is 0.